The topological polar surface area (TPSA) is 73.2 Å². The van der Waals surface area contributed by atoms with Gasteiger partial charge in [-0.1, -0.05) is 30.3 Å². The molecule has 172 valence electrons. The Bertz CT molecular complexity index is 1230. The third-order valence-electron chi connectivity index (χ3n) is 6.04. The maximum atomic E-state index is 13.2. The van der Waals surface area contributed by atoms with E-state index in [0.717, 1.165) is 10.2 Å². The van der Waals surface area contributed by atoms with Crippen molar-refractivity contribution >= 4 is 17.5 Å². The lowest BCUT2D eigenvalue weighted by Gasteiger charge is -2.18. The first kappa shape index (κ1) is 23.1. The minimum Gasteiger partial charge on any atom is -0.455 e. The molecule has 0 spiro atoms. The maximum Gasteiger partial charge on any atom is 0.283 e. The molecule has 1 N–H and O–H groups in total. The summed E-state index contributed by atoms with van der Waals surface area (Å²) in [6.45, 7) is 4.11. The number of carbonyl (C=O) groups is 1. The van der Waals surface area contributed by atoms with Crippen LogP contribution in [-0.2, 0) is 13.5 Å². The van der Waals surface area contributed by atoms with E-state index < -0.39 is 11.5 Å². The van der Waals surface area contributed by atoms with Crippen LogP contribution in [0.2, 0.25) is 0 Å². The molecule has 0 unspecified atom stereocenters. The molecule has 1 aromatic heterocycles. The van der Waals surface area contributed by atoms with E-state index in [1.54, 1.807) is 0 Å². The molecule has 1 fully saturated rings. The Balaban J connectivity index is 1.57. The van der Waals surface area contributed by atoms with Crippen LogP contribution in [0.15, 0.2) is 53.5 Å². The van der Waals surface area contributed by atoms with Crippen molar-refractivity contribution in [2.45, 2.75) is 45.1 Å². The zero-order valence-electron chi connectivity index (χ0n) is 19.1. The number of nitrogens with zero attached hydrogens (tertiary/aromatic N) is 2. The van der Waals surface area contributed by atoms with Crippen LogP contribution in [0.5, 0.6) is 11.5 Å². The first-order chi connectivity index (χ1) is 15.9. The van der Waals surface area contributed by atoms with Crippen molar-refractivity contribution in [3.05, 3.63) is 86.8 Å². The van der Waals surface area contributed by atoms with Crippen LogP contribution in [0.25, 0.3) is 0 Å². The molecule has 1 aliphatic rings. The zero-order valence-corrected chi connectivity index (χ0v) is 19.9. The molecule has 0 bridgehead atoms. The molecular weight excluding hydrogens is 438 g/mol. The Labute approximate surface area is 198 Å². The van der Waals surface area contributed by atoms with Crippen molar-refractivity contribution < 1.29 is 9.53 Å². The molecule has 33 heavy (non-hydrogen) atoms. The standard InChI is InChI=1S/C26H28ClN3O3/c1-16-7-8-18(11-17(16)2)12-21(14-27)29-25(31)24-23(15-28-30(3)26(24)32)33-22-6-4-5-20(13-22)19-9-10-19/h4-8,11,13,15,19,21H,9-10,12,14H2,1-3H3,(H,29,31)/t21-/m1/s1. The summed E-state index contributed by atoms with van der Waals surface area (Å²) < 4.78 is 7.10. The van der Waals surface area contributed by atoms with Crippen LogP contribution < -0.4 is 15.6 Å². The minimum atomic E-state index is -0.527. The van der Waals surface area contributed by atoms with E-state index in [0.29, 0.717) is 18.1 Å². The van der Waals surface area contributed by atoms with Gasteiger partial charge in [-0.15, -0.1) is 11.6 Å². The summed E-state index contributed by atoms with van der Waals surface area (Å²) in [4.78, 5) is 26.0. The first-order valence-corrected chi connectivity index (χ1v) is 11.7. The molecule has 7 heteroatoms. The Hall–Kier alpha value is -3.12. The molecule has 1 atom stereocenters. The highest BCUT2D eigenvalue weighted by molar-refractivity contribution is 6.18. The summed E-state index contributed by atoms with van der Waals surface area (Å²) in [6, 6.07) is 13.6. The van der Waals surface area contributed by atoms with Crippen LogP contribution in [0.3, 0.4) is 0 Å². The van der Waals surface area contributed by atoms with Crippen molar-refractivity contribution in [2.24, 2.45) is 7.05 Å². The SMILES string of the molecule is Cc1ccc(C[C@H](CCl)NC(=O)c2c(Oc3cccc(C4CC4)c3)cnn(C)c2=O)cc1C. The summed E-state index contributed by atoms with van der Waals surface area (Å²) in [6.07, 6.45) is 4.30. The van der Waals surface area contributed by atoms with Gasteiger partial charge < -0.3 is 10.1 Å². The third-order valence-corrected chi connectivity index (χ3v) is 6.41. The molecule has 0 aliphatic heterocycles. The number of amides is 1. The third kappa shape index (κ3) is 5.45. The second-order valence-electron chi connectivity index (χ2n) is 8.71. The monoisotopic (exact) mass is 465 g/mol. The predicted molar refractivity (Wildman–Crippen MR) is 130 cm³/mol. The average molecular weight is 466 g/mol. The molecular formula is C26H28ClN3O3. The van der Waals surface area contributed by atoms with Gasteiger partial charge in [-0.25, -0.2) is 4.68 Å². The number of hydrogen-bond donors (Lipinski definition) is 1. The fourth-order valence-corrected chi connectivity index (χ4v) is 3.99. The van der Waals surface area contributed by atoms with Gasteiger partial charge in [0.1, 0.15) is 5.75 Å². The second kappa shape index (κ2) is 9.79. The highest BCUT2D eigenvalue weighted by Crippen LogP contribution is 2.41. The van der Waals surface area contributed by atoms with E-state index in [1.165, 1.54) is 42.8 Å². The Morgan fingerprint density at radius 2 is 2.00 bits per heavy atom. The van der Waals surface area contributed by atoms with Gasteiger partial charge in [0.25, 0.3) is 11.5 Å². The van der Waals surface area contributed by atoms with Gasteiger partial charge in [0.15, 0.2) is 11.3 Å². The lowest BCUT2D eigenvalue weighted by Crippen LogP contribution is -2.41. The number of aromatic nitrogens is 2. The van der Waals surface area contributed by atoms with Gasteiger partial charge in [-0.3, -0.25) is 9.59 Å². The highest BCUT2D eigenvalue weighted by atomic mass is 35.5. The minimum absolute atomic E-state index is 0.0838. The van der Waals surface area contributed by atoms with Gasteiger partial charge in [0.05, 0.1) is 6.20 Å². The lowest BCUT2D eigenvalue weighted by atomic mass is 10.0. The largest absolute Gasteiger partial charge is 0.455 e. The highest BCUT2D eigenvalue weighted by Gasteiger charge is 2.25. The molecule has 1 amide bonds. The molecule has 3 aromatic rings. The van der Waals surface area contributed by atoms with E-state index in [4.69, 9.17) is 16.3 Å². The summed E-state index contributed by atoms with van der Waals surface area (Å²) in [5.41, 5.74) is 4.05. The number of carbonyl (C=O) groups excluding carboxylic acids is 1. The van der Waals surface area contributed by atoms with Crippen LogP contribution >= 0.6 is 11.6 Å². The van der Waals surface area contributed by atoms with E-state index in [2.05, 4.69) is 42.5 Å². The quantitative estimate of drug-likeness (QED) is 0.491. The van der Waals surface area contributed by atoms with Gasteiger partial charge in [-0.2, -0.15) is 5.10 Å². The number of ether oxygens (including phenoxy) is 1. The van der Waals surface area contributed by atoms with Crippen molar-refractivity contribution in [3.8, 4) is 11.5 Å². The Morgan fingerprint density at radius 1 is 1.21 bits per heavy atom. The summed E-state index contributed by atoms with van der Waals surface area (Å²) in [7, 11) is 1.50. The molecule has 2 aromatic carbocycles. The van der Waals surface area contributed by atoms with E-state index >= 15 is 0 Å². The van der Waals surface area contributed by atoms with Crippen molar-refractivity contribution in [1.82, 2.24) is 15.1 Å². The molecule has 6 nitrogen and oxygen atoms in total. The molecule has 1 saturated carbocycles. The van der Waals surface area contributed by atoms with Crippen LogP contribution in [0.1, 0.15) is 51.4 Å². The summed E-state index contributed by atoms with van der Waals surface area (Å²) >= 11 is 6.17. The number of benzene rings is 2. The number of rotatable bonds is 8. The molecule has 0 radical (unpaired) electrons. The van der Waals surface area contributed by atoms with Crippen LogP contribution in [0, 0.1) is 13.8 Å². The molecule has 1 heterocycles. The van der Waals surface area contributed by atoms with Gasteiger partial charge in [0.2, 0.25) is 0 Å². The van der Waals surface area contributed by atoms with Crippen molar-refractivity contribution in [3.63, 3.8) is 0 Å². The number of nitrogens with one attached hydrogen (secondary N) is 1. The zero-order chi connectivity index (χ0) is 23.5. The van der Waals surface area contributed by atoms with Crippen molar-refractivity contribution in [1.29, 1.82) is 0 Å². The van der Waals surface area contributed by atoms with Crippen molar-refractivity contribution in [2.75, 3.05) is 5.88 Å². The Morgan fingerprint density at radius 3 is 2.70 bits per heavy atom. The normalized spacial score (nSPS) is 14.1. The van der Waals surface area contributed by atoms with E-state index in [9.17, 15) is 9.59 Å². The average Bonchev–Trinajstić information content (AvgIpc) is 3.64. The van der Waals surface area contributed by atoms with Gasteiger partial charge in [-0.05, 0) is 73.4 Å². The fourth-order valence-electron chi connectivity index (χ4n) is 3.80. The number of aryl methyl sites for hydroxylation is 3. The van der Waals surface area contributed by atoms with E-state index in [-0.39, 0.29) is 23.2 Å². The maximum absolute atomic E-state index is 13.2. The van der Waals surface area contributed by atoms with Gasteiger partial charge in [0, 0.05) is 19.0 Å². The smallest absolute Gasteiger partial charge is 0.283 e. The van der Waals surface area contributed by atoms with Crippen LogP contribution in [-0.4, -0.2) is 27.6 Å². The summed E-state index contributed by atoms with van der Waals surface area (Å²) in [5.74, 6) is 0.952. The second-order valence-corrected chi connectivity index (χ2v) is 9.02. The molecule has 0 saturated heterocycles. The van der Waals surface area contributed by atoms with Gasteiger partial charge >= 0.3 is 0 Å². The summed E-state index contributed by atoms with van der Waals surface area (Å²) in [5, 5.41) is 6.95. The number of halogens is 1. The van der Waals surface area contributed by atoms with E-state index in [1.807, 2.05) is 24.3 Å². The molecule has 4 rings (SSSR count). The Kier molecular flexibility index (Phi) is 6.84. The number of hydrogen-bond acceptors (Lipinski definition) is 4. The fraction of sp³-hybridized carbons (Fsp3) is 0.346. The number of alkyl halides is 1. The first-order valence-electron chi connectivity index (χ1n) is 11.1. The lowest BCUT2D eigenvalue weighted by molar-refractivity contribution is 0.0935. The molecule has 1 aliphatic carbocycles. The van der Waals surface area contributed by atoms with Crippen LogP contribution in [0.4, 0.5) is 0 Å². The predicted octanol–water partition coefficient (Wildman–Crippen LogP) is 4.65.